The molecule has 8 nitrogen and oxygen atoms in total. The molecule has 4 aliphatic carbocycles. The smallest absolute Gasteiger partial charge is 0.256 e. The Hall–Kier alpha value is -3.23. The second kappa shape index (κ2) is 11.4. The van der Waals surface area contributed by atoms with E-state index in [1.165, 1.54) is 16.7 Å². The number of nitrogens with two attached hydrogens (primary N) is 2. The number of rotatable bonds is 7. The number of anilines is 1. The molecule has 252 valence electrons. The van der Waals surface area contributed by atoms with Gasteiger partial charge in [-0.2, -0.15) is 0 Å². The lowest BCUT2D eigenvalue weighted by atomic mass is 9.49. The van der Waals surface area contributed by atoms with Crippen molar-refractivity contribution < 1.29 is 19.5 Å². The number of phenolic OH excluding ortho intramolecular Hbond substituents is 1. The normalized spacial score (nSPS) is 34.5. The number of carbonyl (C=O) groups excluding carboxylic acids is 3. The lowest BCUT2D eigenvalue weighted by molar-refractivity contribution is -0.148. The summed E-state index contributed by atoms with van der Waals surface area (Å²) in [4.78, 5) is 43.7. The summed E-state index contributed by atoms with van der Waals surface area (Å²) in [6, 6.07) is 11.3. The first-order valence-electron chi connectivity index (χ1n) is 18.0. The molecule has 0 bridgehead atoms. The van der Waals surface area contributed by atoms with E-state index < -0.39 is 17.0 Å². The number of hydrogen-bond donors (Lipinski definition) is 4. The molecule has 47 heavy (non-hydrogen) atoms. The highest BCUT2D eigenvalue weighted by Crippen LogP contribution is 2.65. The molecule has 8 heteroatoms. The van der Waals surface area contributed by atoms with Gasteiger partial charge >= 0.3 is 0 Å². The summed E-state index contributed by atoms with van der Waals surface area (Å²) in [6.07, 6.45) is 11.0. The number of imide groups is 1. The maximum atomic E-state index is 14.9. The molecular weight excluding hydrogens is 588 g/mol. The van der Waals surface area contributed by atoms with Crippen LogP contribution in [0.25, 0.3) is 0 Å². The molecule has 6 N–H and O–H groups in total. The topological polar surface area (TPSA) is 139 Å². The van der Waals surface area contributed by atoms with Crippen molar-refractivity contribution in [2.45, 2.75) is 127 Å². The van der Waals surface area contributed by atoms with Gasteiger partial charge in [0.1, 0.15) is 11.3 Å². The van der Waals surface area contributed by atoms with E-state index in [0.717, 1.165) is 88.3 Å². The van der Waals surface area contributed by atoms with Crippen molar-refractivity contribution in [2.75, 3.05) is 11.9 Å². The predicted molar refractivity (Wildman–Crippen MR) is 183 cm³/mol. The van der Waals surface area contributed by atoms with Crippen LogP contribution in [-0.4, -0.2) is 45.9 Å². The van der Waals surface area contributed by atoms with Crippen molar-refractivity contribution in [1.82, 2.24) is 4.90 Å². The fourth-order valence-electron chi connectivity index (χ4n) is 11.1. The lowest BCUT2D eigenvalue weighted by Crippen LogP contribution is -2.56. The van der Waals surface area contributed by atoms with Crippen LogP contribution in [0, 0.1) is 17.3 Å². The Labute approximate surface area is 279 Å². The summed E-state index contributed by atoms with van der Waals surface area (Å²) in [5.41, 5.74) is 15.5. The van der Waals surface area contributed by atoms with Gasteiger partial charge in [-0.05, 0) is 140 Å². The quantitative estimate of drug-likeness (QED) is 0.176. The van der Waals surface area contributed by atoms with E-state index >= 15 is 0 Å². The Balaban J connectivity index is 1.15. The van der Waals surface area contributed by atoms with Gasteiger partial charge in [-0.3, -0.25) is 19.3 Å². The van der Waals surface area contributed by atoms with Crippen molar-refractivity contribution in [1.29, 1.82) is 0 Å². The molecule has 0 aromatic heterocycles. The van der Waals surface area contributed by atoms with E-state index in [4.69, 9.17) is 11.5 Å². The number of phenols is 1. The minimum absolute atomic E-state index is 0.0135. The zero-order chi connectivity index (χ0) is 33.4. The van der Waals surface area contributed by atoms with Gasteiger partial charge in [0.15, 0.2) is 0 Å². The third-order valence-corrected chi connectivity index (χ3v) is 13.6. The molecule has 2 aromatic rings. The minimum atomic E-state index is -0.739. The van der Waals surface area contributed by atoms with Crippen LogP contribution in [0.15, 0.2) is 36.4 Å². The van der Waals surface area contributed by atoms with E-state index in [0.29, 0.717) is 13.0 Å². The molecule has 3 amide bonds. The summed E-state index contributed by atoms with van der Waals surface area (Å²) >= 11 is 0. The van der Waals surface area contributed by atoms with Gasteiger partial charge in [0, 0.05) is 11.6 Å². The van der Waals surface area contributed by atoms with Crippen LogP contribution < -0.4 is 16.8 Å². The fraction of sp³-hybridized carbons (Fsp3) is 0.615. The zero-order valence-electron chi connectivity index (χ0n) is 28.4. The Kier molecular flexibility index (Phi) is 7.87. The van der Waals surface area contributed by atoms with Crippen molar-refractivity contribution in [3.63, 3.8) is 0 Å². The van der Waals surface area contributed by atoms with Gasteiger partial charge in [0.05, 0.1) is 11.5 Å². The van der Waals surface area contributed by atoms with Crippen LogP contribution in [0.3, 0.4) is 0 Å². The van der Waals surface area contributed by atoms with Gasteiger partial charge in [-0.25, -0.2) is 0 Å². The van der Waals surface area contributed by atoms with Crippen LogP contribution in [0.4, 0.5) is 5.69 Å². The summed E-state index contributed by atoms with van der Waals surface area (Å²) in [7, 11) is 0. The van der Waals surface area contributed by atoms with E-state index in [1.54, 1.807) is 11.0 Å². The maximum absolute atomic E-state index is 14.9. The average Bonchev–Trinajstić information content (AvgIpc) is 3.62. The molecule has 1 saturated heterocycles. The molecule has 2 saturated carbocycles. The van der Waals surface area contributed by atoms with Gasteiger partial charge < -0.3 is 21.9 Å². The number of fused-ring (bicyclic) bond motifs is 7. The highest BCUT2D eigenvalue weighted by molar-refractivity contribution is 6.17. The lowest BCUT2D eigenvalue weighted by Gasteiger charge is -2.55. The summed E-state index contributed by atoms with van der Waals surface area (Å²) in [6.45, 7) is 7.27. The van der Waals surface area contributed by atoms with Crippen LogP contribution >= 0.6 is 0 Å². The molecule has 0 radical (unpaired) electrons. The Morgan fingerprint density at radius 2 is 1.55 bits per heavy atom. The number of aromatic hydroxyl groups is 1. The van der Waals surface area contributed by atoms with Crippen molar-refractivity contribution in [3.8, 4) is 5.75 Å². The molecule has 1 spiro atoms. The maximum Gasteiger partial charge on any atom is 0.256 e. The van der Waals surface area contributed by atoms with Gasteiger partial charge in [-0.1, -0.05) is 45.7 Å². The molecule has 5 aliphatic rings. The molecule has 3 fully saturated rings. The highest BCUT2D eigenvalue weighted by Gasteiger charge is 2.75. The molecule has 2 aromatic carbocycles. The number of nitrogens with zero attached hydrogens (tertiary/aromatic N) is 1. The van der Waals surface area contributed by atoms with Crippen LogP contribution in [0.1, 0.15) is 114 Å². The van der Waals surface area contributed by atoms with E-state index in [9.17, 15) is 19.5 Å². The van der Waals surface area contributed by atoms with Gasteiger partial charge in [0.25, 0.3) is 5.91 Å². The molecule has 1 unspecified atom stereocenters. The first kappa shape index (κ1) is 32.3. The van der Waals surface area contributed by atoms with Crippen LogP contribution in [-0.2, 0) is 38.1 Å². The molecule has 7 rings (SSSR count). The monoisotopic (exact) mass is 640 g/mol. The predicted octanol–water partition coefficient (Wildman–Crippen LogP) is 5.61. The summed E-state index contributed by atoms with van der Waals surface area (Å²) in [5.74, 6) is 0.236. The zero-order valence-corrected chi connectivity index (χ0v) is 28.4. The van der Waals surface area contributed by atoms with Gasteiger partial charge in [-0.15, -0.1) is 0 Å². The Morgan fingerprint density at radius 1 is 0.915 bits per heavy atom. The fourth-order valence-corrected chi connectivity index (χ4v) is 11.1. The minimum Gasteiger partial charge on any atom is -0.508 e. The average molecular weight is 641 g/mol. The first-order chi connectivity index (χ1) is 22.4. The highest BCUT2D eigenvalue weighted by atomic mass is 16.3. The number of amides is 3. The number of carbonyl (C=O) groups is 3. The summed E-state index contributed by atoms with van der Waals surface area (Å²) in [5, 5.41) is 13.5. The number of nitrogens with one attached hydrogen (secondary N) is 1. The van der Waals surface area contributed by atoms with Gasteiger partial charge in [0.2, 0.25) is 11.8 Å². The number of unbranched alkanes of at least 4 members (excludes halogenated alkanes) is 1. The third kappa shape index (κ3) is 4.79. The van der Waals surface area contributed by atoms with E-state index in [1.807, 2.05) is 18.2 Å². The largest absolute Gasteiger partial charge is 0.508 e. The third-order valence-electron chi connectivity index (χ3n) is 13.6. The standard InChI is InChI=1S/C39H52N4O4/c1-36-17-6-19-38(3,31(36)15-11-24-9-13-26(22-28(24)36)42-33(45)30(41)8-4-5-21-40)34(46)43-35(47)39(43)20-7-18-37(2)29-23-27(44)14-10-25(29)12-16-32(37)39/h9-10,13-14,22-23,30-32,44H,4-8,11-12,15-21,40-41H2,1-3H3,(H,42,45)/t30-,31+,32?,36+,37+,38-,39+,43?/m0/s1. The number of hydrogen-bond acceptors (Lipinski definition) is 6. The molecule has 1 aliphatic heterocycles. The molecule has 1 heterocycles. The molecule has 7 atom stereocenters. The van der Waals surface area contributed by atoms with E-state index in [2.05, 4.69) is 38.2 Å². The summed E-state index contributed by atoms with van der Waals surface area (Å²) < 4.78 is 0. The van der Waals surface area contributed by atoms with Crippen molar-refractivity contribution >= 4 is 23.4 Å². The Bertz CT molecular complexity index is 1620. The number of aryl methyl sites for hydroxylation is 2. The van der Waals surface area contributed by atoms with E-state index in [-0.39, 0.29) is 46.1 Å². The van der Waals surface area contributed by atoms with Crippen molar-refractivity contribution in [2.24, 2.45) is 28.7 Å². The van der Waals surface area contributed by atoms with Crippen LogP contribution in [0.5, 0.6) is 5.75 Å². The second-order valence-electron chi connectivity index (χ2n) is 16.1. The second-order valence-corrected chi connectivity index (χ2v) is 16.1. The van der Waals surface area contributed by atoms with Crippen molar-refractivity contribution in [3.05, 3.63) is 58.7 Å². The Morgan fingerprint density at radius 3 is 2.28 bits per heavy atom. The first-order valence-corrected chi connectivity index (χ1v) is 18.0. The van der Waals surface area contributed by atoms with Crippen LogP contribution in [0.2, 0.25) is 0 Å². The molecular formula is C39H52N4O4. The number of benzene rings is 2. The SMILES string of the molecule is C[C@]12CCC[C@]3(C(=O)N3C(=O)[C@@]3(C)CCC[C@]4(C)c5cc(NC(=O)[C@@H](N)CCCCN)ccc5CC[C@@H]34)C1CCc1ccc(O)cc12.